The van der Waals surface area contributed by atoms with Crippen LogP contribution in [0.2, 0.25) is 15.1 Å². The zero-order chi connectivity index (χ0) is 13.1. The van der Waals surface area contributed by atoms with Crippen molar-refractivity contribution in [2.24, 2.45) is 0 Å². The van der Waals surface area contributed by atoms with Gasteiger partial charge in [-0.3, -0.25) is 4.98 Å². The second kappa shape index (κ2) is 5.58. The van der Waals surface area contributed by atoms with Crippen LogP contribution >= 0.6 is 34.8 Å². The van der Waals surface area contributed by atoms with Crippen molar-refractivity contribution < 1.29 is 0 Å². The maximum absolute atomic E-state index is 8.82. The summed E-state index contributed by atoms with van der Waals surface area (Å²) in [5.41, 5.74) is 2.24. The standard InChI is InChI=1S/C13H7Cl3N2/c14-9-5-11(15)13(12(16)6-9)10-7-18-4-2-8(10)1-3-17/h2,4-7H,1H2. The van der Waals surface area contributed by atoms with E-state index in [0.29, 0.717) is 20.6 Å². The van der Waals surface area contributed by atoms with Gasteiger partial charge in [0.1, 0.15) is 0 Å². The first-order valence-electron chi connectivity index (χ1n) is 5.08. The molecule has 2 rings (SSSR count). The summed E-state index contributed by atoms with van der Waals surface area (Å²) in [6, 6.07) is 7.12. The fraction of sp³-hybridized carbons (Fsp3) is 0.0769. The van der Waals surface area contributed by atoms with Crippen molar-refractivity contribution in [2.75, 3.05) is 0 Å². The van der Waals surface area contributed by atoms with Crippen molar-refractivity contribution in [3.05, 3.63) is 51.2 Å². The molecule has 18 heavy (non-hydrogen) atoms. The molecule has 1 heterocycles. The third-order valence-corrected chi connectivity index (χ3v) is 3.27. The third-order valence-electron chi connectivity index (χ3n) is 2.46. The van der Waals surface area contributed by atoms with Crippen LogP contribution < -0.4 is 0 Å². The Morgan fingerprint density at radius 3 is 2.44 bits per heavy atom. The molecule has 2 aromatic rings. The second-order valence-corrected chi connectivity index (χ2v) is 4.86. The van der Waals surface area contributed by atoms with Crippen molar-refractivity contribution >= 4 is 34.8 Å². The minimum absolute atomic E-state index is 0.271. The number of nitrogens with zero attached hydrogens (tertiary/aromatic N) is 2. The maximum atomic E-state index is 8.82. The van der Waals surface area contributed by atoms with Gasteiger partial charge in [-0.15, -0.1) is 0 Å². The summed E-state index contributed by atoms with van der Waals surface area (Å²) >= 11 is 18.2. The highest BCUT2D eigenvalue weighted by Crippen LogP contribution is 2.38. The summed E-state index contributed by atoms with van der Waals surface area (Å²) in [6.45, 7) is 0. The number of benzene rings is 1. The van der Waals surface area contributed by atoms with E-state index in [9.17, 15) is 0 Å². The molecule has 2 nitrogen and oxygen atoms in total. The van der Waals surface area contributed by atoms with E-state index in [2.05, 4.69) is 11.1 Å². The van der Waals surface area contributed by atoms with Gasteiger partial charge >= 0.3 is 0 Å². The fourth-order valence-electron chi connectivity index (χ4n) is 1.69. The van der Waals surface area contributed by atoms with Gasteiger partial charge in [0.05, 0.1) is 22.5 Å². The molecule has 0 aliphatic rings. The Morgan fingerprint density at radius 1 is 1.17 bits per heavy atom. The number of rotatable bonds is 2. The molecular weight excluding hydrogens is 291 g/mol. The van der Waals surface area contributed by atoms with Crippen LogP contribution in [0.1, 0.15) is 5.56 Å². The molecule has 0 fully saturated rings. The van der Waals surface area contributed by atoms with Crippen molar-refractivity contribution in [1.82, 2.24) is 4.98 Å². The lowest BCUT2D eigenvalue weighted by Gasteiger charge is -2.10. The normalized spacial score (nSPS) is 10.1. The van der Waals surface area contributed by atoms with Gasteiger partial charge in [-0.1, -0.05) is 34.8 Å². The SMILES string of the molecule is N#CCc1ccncc1-c1c(Cl)cc(Cl)cc1Cl. The van der Waals surface area contributed by atoms with E-state index in [1.807, 2.05) is 0 Å². The van der Waals surface area contributed by atoms with Crippen LogP contribution in [-0.2, 0) is 6.42 Å². The van der Waals surface area contributed by atoms with Gasteiger partial charge in [0.15, 0.2) is 0 Å². The molecule has 0 aliphatic carbocycles. The highest BCUT2D eigenvalue weighted by atomic mass is 35.5. The van der Waals surface area contributed by atoms with E-state index in [1.165, 1.54) is 0 Å². The highest BCUT2D eigenvalue weighted by molar-refractivity contribution is 6.41. The van der Waals surface area contributed by atoms with E-state index in [0.717, 1.165) is 11.1 Å². The Kier molecular flexibility index (Phi) is 4.08. The maximum Gasteiger partial charge on any atom is 0.0669 e. The van der Waals surface area contributed by atoms with Gasteiger partial charge < -0.3 is 0 Å². The Labute approximate surface area is 120 Å². The number of nitriles is 1. The first kappa shape index (κ1) is 13.2. The number of aromatic nitrogens is 1. The summed E-state index contributed by atoms with van der Waals surface area (Å²) in [5.74, 6) is 0. The van der Waals surface area contributed by atoms with Gasteiger partial charge in [0.2, 0.25) is 0 Å². The van der Waals surface area contributed by atoms with Gasteiger partial charge in [-0.25, -0.2) is 0 Å². The van der Waals surface area contributed by atoms with Crippen molar-refractivity contribution in [1.29, 1.82) is 5.26 Å². The minimum atomic E-state index is 0.271. The topological polar surface area (TPSA) is 36.7 Å². The van der Waals surface area contributed by atoms with Crippen molar-refractivity contribution in [2.45, 2.75) is 6.42 Å². The molecule has 0 unspecified atom stereocenters. The number of halogens is 3. The van der Waals surface area contributed by atoms with E-state index in [4.69, 9.17) is 40.1 Å². The minimum Gasteiger partial charge on any atom is -0.264 e. The van der Waals surface area contributed by atoms with Crippen LogP contribution in [0.3, 0.4) is 0 Å². The van der Waals surface area contributed by atoms with E-state index < -0.39 is 0 Å². The largest absolute Gasteiger partial charge is 0.264 e. The fourth-order valence-corrected chi connectivity index (χ4v) is 2.71. The first-order chi connectivity index (χ1) is 8.63. The van der Waals surface area contributed by atoms with Gasteiger partial charge in [0.25, 0.3) is 0 Å². The Balaban J connectivity index is 2.66. The molecule has 0 atom stereocenters. The van der Waals surface area contributed by atoms with E-state index in [1.54, 1.807) is 30.6 Å². The average Bonchev–Trinajstić information content (AvgIpc) is 2.30. The molecule has 0 radical (unpaired) electrons. The van der Waals surface area contributed by atoms with Crippen LogP contribution in [-0.4, -0.2) is 4.98 Å². The molecule has 0 amide bonds. The summed E-state index contributed by atoms with van der Waals surface area (Å²) in [4.78, 5) is 4.05. The molecule has 5 heteroatoms. The van der Waals surface area contributed by atoms with E-state index >= 15 is 0 Å². The Hall–Kier alpha value is -1.27. The number of pyridine rings is 1. The lowest BCUT2D eigenvalue weighted by molar-refractivity contribution is 1.21. The van der Waals surface area contributed by atoms with Crippen LogP contribution in [0, 0.1) is 11.3 Å². The molecule has 0 spiro atoms. The molecule has 0 saturated carbocycles. The Morgan fingerprint density at radius 2 is 1.83 bits per heavy atom. The monoisotopic (exact) mass is 296 g/mol. The first-order valence-corrected chi connectivity index (χ1v) is 6.21. The molecule has 90 valence electrons. The van der Waals surface area contributed by atoms with Crippen molar-refractivity contribution in [3.8, 4) is 17.2 Å². The third kappa shape index (κ3) is 2.59. The highest BCUT2D eigenvalue weighted by Gasteiger charge is 2.13. The Bertz CT molecular complexity index is 609. The van der Waals surface area contributed by atoms with Crippen LogP contribution in [0.15, 0.2) is 30.6 Å². The zero-order valence-electron chi connectivity index (χ0n) is 9.12. The summed E-state index contributed by atoms with van der Waals surface area (Å²) in [5, 5.41) is 10.2. The molecule has 1 aromatic heterocycles. The molecule has 0 N–H and O–H groups in total. The van der Waals surface area contributed by atoms with Crippen LogP contribution in [0.4, 0.5) is 0 Å². The zero-order valence-corrected chi connectivity index (χ0v) is 11.4. The van der Waals surface area contributed by atoms with Crippen LogP contribution in [0.5, 0.6) is 0 Å². The van der Waals surface area contributed by atoms with Crippen molar-refractivity contribution in [3.63, 3.8) is 0 Å². The lowest BCUT2D eigenvalue weighted by atomic mass is 10.0. The van der Waals surface area contributed by atoms with Gasteiger partial charge in [-0.05, 0) is 23.8 Å². The number of hydrogen-bond donors (Lipinski definition) is 0. The molecule has 0 saturated heterocycles. The summed E-state index contributed by atoms with van der Waals surface area (Å²) in [6.07, 6.45) is 3.55. The van der Waals surface area contributed by atoms with E-state index in [-0.39, 0.29) is 6.42 Å². The molecular formula is C13H7Cl3N2. The quantitative estimate of drug-likeness (QED) is 0.800. The van der Waals surface area contributed by atoms with Gasteiger partial charge in [0, 0.05) is 28.5 Å². The lowest BCUT2D eigenvalue weighted by Crippen LogP contribution is -1.91. The number of hydrogen-bond acceptors (Lipinski definition) is 2. The summed E-state index contributed by atoms with van der Waals surface area (Å²) in [7, 11) is 0. The molecule has 1 aromatic carbocycles. The van der Waals surface area contributed by atoms with Crippen LogP contribution in [0.25, 0.3) is 11.1 Å². The smallest absolute Gasteiger partial charge is 0.0669 e. The second-order valence-electron chi connectivity index (χ2n) is 3.61. The predicted octanol–water partition coefficient (Wildman–Crippen LogP) is 4.77. The van der Waals surface area contributed by atoms with Gasteiger partial charge in [-0.2, -0.15) is 5.26 Å². The summed E-state index contributed by atoms with van der Waals surface area (Å²) < 4.78 is 0. The molecule has 0 aliphatic heterocycles. The predicted molar refractivity (Wildman–Crippen MR) is 74.0 cm³/mol. The molecule has 0 bridgehead atoms. The average molecular weight is 298 g/mol.